The first-order valence-electron chi connectivity index (χ1n) is 6.27. The highest BCUT2D eigenvalue weighted by Gasteiger charge is 2.23. The number of benzene rings is 1. The maximum atomic E-state index is 13.6. The van der Waals surface area contributed by atoms with E-state index in [9.17, 15) is 8.78 Å². The largest absolute Gasteiger partial charge is 0.334 e. The summed E-state index contributed by atoms with van der Waals surface area (Å²) in [5, 5.41) is 7.07. The predicted molar refractivity (Wildman–Crippen MR) is 64.2 cm³/mol. The minimum atomic E-state index is -0.702. The van der Waals surface area contributed by atoms with Gasteiger partial charge in [0, 0.05) is 0 Å². The predicted octanol–water partition coefficient (Wildman–Crippen LogP) is 2.83. The summed E-state index contributed by atoms with van der Waals surface area (Å²) >= 11 is 0. The van der Waals surface area contributed by atoms with Crippen LogP contribution in [0, 0.1) is 11.6 Å². The molecular weight excluding hydrogens is 252 g/mol. The molecule has 0 aliphatic carbocycles. The molecule has 1 aromatic carbocycles. The Morgan fingerprint density at radius 2 is 2.00 bits per heavy atom. The van der Waals surface area contributed by atoms with Crippen LogP contribution in [-0.4, -0.2) is 16.7 Å². The maximum Gasteiger partial charge on any atom is 0.263 e. The number of rotatable bonds is 2. The molecule has 6 heteroatoms. The van der Waals surface area contributed by atoms with Gasteiger partial charge >= 0.3 is 0 Å². The summed E-state index contributed by atoms with van der Waals surface area (Å²) in [6, 6.07) is 3.64. The number of piperidine rings is 1. The zero-order valence-electron chi connectivity index (χ0n) is 10.2. The van der Waals surface area contributed by atoms with Crippen LogP contribution in [0.4, 0.5) is 8.78 Å². The Labute approximate surface area is 108 Å². The van der Waals surface area contributed by atoms with Crippen molar-refractivity contribution in [3.05, 3.63) is 35.7 Å². The van der Waals surface area contributed by atoms with Gasteiger partial charge in [-0.15, -0.1) is 0 Å². The van der Waals surface area contributed by atoms with Crippen LogP contribution in [0.25, 0.3) is 11.5 Å². The Hall–Kier alpha value is -1.82. The minimum absolute atomic E-state index is 0.00100. The zero-order chi connectivity index (χ0) is 13.2. The van der Waals surface area contributed by atoms with E-state index in [0.29, 0.717) is 5.82 Å². The van der Waals surface area contributed by atoms with E-state index >= 15 is 0 Å². The van der Waals surface area contributed by atoms with E-state index in [1.807, 2.05) is 0 Å². The third kappa shape index (κ3) is 2.35. The van der Waals surface area contributed by atoms with E-state index in [4.69, 9.17) is 4.52 Å². The van der Waals surface area contributed by atoms with Gasteiger partial charge in [0.2, 0.25) is 0 Å². The van der Waals surface area contributed by atoms with Crippen molar-refractivity contribution in [1.82, 2.24) is 15.5 Å². The number of nitrogens with one attached hydrogen (secondary N) is 1. The summed E-state index contributed by atoms with van der Waals surface area (Å²) in [5.74, 6) is -1.06. The molecule has 19 heavy (non-hydrogen) atoms. The molecule has 4 nitrogen and oxygen atoms in total. The van der Waals surface area contributed by atoms with Crippen LogP contribution in [0.2, 0.25) is 0 Å². The molecule has 1 fully saturated rings. The Kier molecular flexibility index (Phi) is 3.25. The monoisotopic (exact) mass is 265 g/mol. The van der Waals surface area contributed by atoms with Gasteiger partial charge in [-0.05, 0) is 31.5 Å². The molecule has 0 saturated carbocycles. The summed E-state index contributed by atoms with van der Waals surface area (Å²) in [4.78, 5) is 4.11. The van der Waals surface area contributed by atoms with Crippen molar-refractivity contribution in [2.75, 3.05) is 6.54 Å². The van der Waals surface area contributed by atoms with Crippen LogP contribution in [0.5, 0.6) is 0 Å². The molecule has 1 N–H and O–H groups in total. The highest BCUT2D eigenvalue weighted by atomic mass is 19.1. The molecule has 1 aliphatic rings. The molecule has 0 amide bonds. The lowest BCUT2D eigenvalue weighted by molar-refractivity contribution is 0.366. The summed E-state index contributed by atoms with van der Waals surface area (Å²) in [5.41, 5.74) is -0.267. The Morgan fingerprint density at radius 1 is 1.21 bits per heavy atom. The first-order chi connectivity index (χ1) is 9.25. The fourth-order valence-electron chi connectivity index (χ4n) is 2.25. The van der Waals surface area contributed by atoms with Crippen LogP contribution in [0.1, 0.15) is 31.1 Å². The second-order valence-electron chi connectivity index (χ2n) is 4.56. The van der Waals surface area contributed by atoms with Crippen molar-refractivity contribution in [2.24, 2.45) is 0 Å². The SMILES string of the molecule is Fc1cccc(F)c1-c1nc(C2CCCCN2)no1. The van der Waals surface area contributed by atoms with Gasteiger partial charge in [-0.3, -0.25) is 0 Å². The van der Waals surface area contributed by atoms with Crippen LogP contribution < -0.4 is 5.32 Å². The molecule has 0 bridgehead atoms. The van der Waals surface area contributed by atoms with Gasteiger partial charge in [0.15, 0.2) is 5.82 Å². The standard InChI is InChI=1S/C13H13F2N3O/c14-8-4-3-5-9(15)11(8)13-17-12(18-19-13)10-6-1-2-7-16-10/h3-5,10,16H,1-2,6-7H2. The van der Waals surface area contributed by atoms with Gasteiger partial charge in [0.25, 0.3) is 5.89 Å². The van der Waals surface area contributed by atoms with E-state index in [1.165, 1.54) is 18.2 Å². The lowest BCUT2D eigenvalue weighted by Gasteiger charge is -2.19. The Morgan fingerprint density at radius 3 is 2.68 bits per heavy atom. The van der Waals surface area contributed by atoms with Crippen LogP contribution >= 0.6 is 0 Å². The van der Waals surface area contributed by atoms with Crippen LogP contribution in [0.15, 0.2) is 22.7 Å². The van der Waals surface area contributed by atoms with Gasteiger partial charge in [-0.1, -0.05) is 17.6 Å². The topological polar surface area (TPSA) is 51.0 Å². The summed E-state index contributed by atoms with van der Waals surface area (Å²) in [6.07, 6.45) is 3.09. The molecule has 2 aromatic rings. The first-order valence-corrected chi connectivity index (χ1v) is 6.27. The quantitative estimate of drug-likeness (QED) is 0.907. The van der Waals surface area contributed by atoms with E-state index in [0.717, 1.165) is 25.8 Å². The minimum Gasteiger partial charge on any atom is -0.334 e. The number of hydrogen-bond donors (Lipinski definition) is 1. The lowest BCUT2D eigenvalue weighted by Crippen LogP contribution is -2.27. The summed E-state index contributed by atoms with van der Waals surface area (Å²) in [6.45, 7) is 0.891. The molecule has 1 aromatic heterocycles. The molecule has 100 valence electrons. The van der Waals surface area contributed by atoms with Gasteiger partial charge in [0.1, 0.15) is 17.2 Å². The molecule has 3 rings (SSSR count). The molecule has 1 aliphatic heterocycles. The fraction of sp³-hybridized carbons (Fsp3) is 0.385. The van der Waals surface area contributed by atoms with Gasteiger partial charge in [-0.2, -0.15) is 4.98 Å². The van der Waals surface area contributed by atoms with E-state index in [1.54, 1.807) is 0 Å². The van der Waals surface area contributed by atoms with E-state index in [2.05, 4.69) is 15.5 Å². The third-order valence-corrected chi connectivity index (χ3v) is 3.24. The lowest BCUT2D eigenvalue weighted by atomic mass is 10.0. The fourth-order valence-corrected chi connectivity index (χ4v) is 2.25. The average molecular weight is 265 g/mol. The second kappa shape index (κ2) is 5.05. The molecular formula is C13H13F2N3O. The summed E-state index contributed by atoms with van der Waals surface area (Å²) in [7, 11) is 0. The maximum absolute atomic E-state index is 13.6. The molecule has 0 spiro atoms. The first kappa shape index (κ1) is 12.2. The van der Waals surface area contributed by atoms with Crippen molar-refractivity contribution in [3.8, 4) is 11.5 Å². The number of aromatic nitrogens is 2. The molecule has 0 radical (unpaired) electrons. The van der Waals surface area contributed by atoms with Crippen molar-refractivity contribution in [3.63, 3.8) is 0 Å². The smallest absolute Gasteiger partial charge is 0.263 e. The number of nitrogens with zero attached hydrogens (tertiary/aromatic N) is 2. The van der Waals surface area contributed by atoms with Crippen LogP contribution in [0.3, 0.4) is 0 Å². The van der Waals surface area contributed by atoms with Crippen molar-refractivity contribution in [1.29, 1.82) is 0 Å². The van der Waals surface area contributed by atoms with Crippen molar-refractivity contribution < 1.29 is 13.3 Å². The molecule has 2 heterocycles. The third-order valence-electron chi connectivity index (χ3n) is 3.24. The molecule has 1 atom stereocenters. The van der Waals surface area contributed by atoms with Crippen molar-refractivity contribution in [2.45, 2.75) is 25.3 Å². The van der Waals surface area contributed by atoms with Crippen LogP contribution in [-0.2, 0) is 0 Å². The highest BCUT2D eigenvalue weighted by molar-refractivity contribution is 5.54. The van der Waals surface area contributed by atoms with Crippen molar-refractivity contribution >= 4 is 0 Å². The zero-order valence-corrected chi connectivity index (χ0v) is 10.2. The van der Waals surface area contributed by atoms with E-state index in [-0.39, 0.29) is 17.5 Å². The van der Waals surface area contributed by atoms with Gasteiger partial charge in [-0.25, -0.2) is 8.78 Å². The van der Waals surface area contributed by atoms with E-state index < -0.39 is 11.6 Å². The Bertz CT molecular complexity index is 559. The summed E-state index contributed by atoms with van der Waals surface area (Å²) < 4.78 is 32.2. The normalized spacial score (nSPS) is 19.6. The number of halogens is 2. The van der Waals surface area contributed by atoms with Gasteiger partial charge < -0.3 is 9.84 Å². The second-order valence-corrected chi connectivity index (χ2v) is 4.56. The highest BCUT2D eigenvalue weighted by Crippen LogP contribution is 2.27. The number of hydrogen-bond acceptors (Lipinski definition) is 4. The van der Waals surface area contributed by atoms with Gasteiger partial charge in [0.05, 0.1) is 6.04 Å². The molecule has 1 unspecified atom stereocenters. The average Bonchev–Trinajstić information content (AvgIpc) is 2.89. The Balaban J connectivity index is 1.92. The molecule has 1 saturated heterocycles.